The smallest absolute Gasteiger partial charge is 0.163 e. The lowest BCUT2D eigenvalue weighted by molar-refractivity contribution is 1.15. The van der Waals surface area contributed by atoms with Crippen molar-refractivity contribution in [2.75, 3.05) is 5.73 Å². The molecule has 0 aromatic carbocycles. The predicted molar refractivity (Wildman–Crippen MR) is 69.9 cm³/mol. The van der Waals surface area contributed by atoms with E-state index in [-0.39, 0.29) is 0 Å². The van der Waals surface area contributed by atoms with Crippen molar-refractivity contribution in [2.24, 2.45) is 0 Å². The Hall–Kier alpha value is -2.49. The molecule has 0 amide bonds. The first kappa shape index (κ1) is 11.0. The molecule has 0 aliphatic heterocycles. The van der Waals surface area contributed by atoms with E-state index in [4.69, 9.17) is 5.73 Å². The SMILES string of the molecule is C=Cc1nc(-c2cccnc2)nc(N)c1C=C. The molecule has 84 valence electrons. The number of aromatic nitrogens is 3. The number of nitrogens with zero attached hydrogens (tertiary/aromatic N) is 3. The summed E-state index contributed by atoms with van der Waals surface area (Å²) in [5.41, 5.74) is 8.05. The highest BCUT2D eigenvalue weighted by molar-refractivity contribution is 5.71. The molecular weight excluding hydrogens is 212 g/mol. The van der Waals surface area contributed by atoms with E-state index < -0.39 is 0 Å². The van der Waals surface area contributed by atoms with Crippen molar-refractivity contribution in [3.8, 4) is 11.4 Å². The third kappa shape index (κ3) is 2.06. The summed E-state index contributed by atoms with van der Waals surface area (Å²) in [5, 5.41) is 0. The van der Waals surface area contributed by atoms with Crippen LogP contribution in [0.25, 0.3) is 23.5 Å². The molecular formula is C13H12N4. The van der Waals surface area contributed by atoms with Crippen LogP contribution in [0.5, 0.6) is 0 Å². The highest BCUT2D eigenvalue weighted by atomic mass is 15.0. The average Bonchev–Trinajstić information content (AvgIpc) is 2.38. The summed E-state index contributed by atoms with van der Waals surface area (Å²) in [6.45, 7) is 7.39. The minimum atomic E-state index is 0.392. The van der Waals surface area contributed by atoms with Gasteiger partial charge in [-0.15, -0.1) is 0 Å². The van der Waals surface area contributed by atoms with E-state index in [0.717, 1.165) is 5.56 Å². The normalized spacial score (nSPS) is 9.88. The molecule has 0 aliphatic rings. The minimum Gasteiger partial charge on any atom is -0.383 e. The van der Waals surface area contributed by atoms with Crippen LogP contribution in [0.1, 0.15) is 11.3 Å². The number of nitrogens with two attached hydrogens (primary N) is 1. The Morgan fingerprint density at radius 3 is 2.59 bits per heavy atom. The molecule has 0 aliphatic carbocycles. The van der Waals surface area contributed by atoms with E-state index in [1.807, 2.05) is 12.1 Å². The van der Waals surface area contributed by atoms with Crippen molar-refractivity contribution in [1.29, 1.82) is 0 Å². The van der Waals surface area contributed by atoms with Crippen molar-refractivity contribution in [1.82, 2.24) is 15.0 Å². The maximum atomic E-state index is 5.86. The van der Waals surface area contributed by atoms with Gasteiger partial charge in [0.2, 0.25) is 0 Å². The van der Waals surface area contributed by atoms with E-state index in [2.05, 4.69) is 28.1 Å². The molecule has 2 rings (SSSR count). The van der Waals surface area contributed by atoms with Gasteiger partial charge < -0.3 is 5.73 Å². The summed E-state index contributed by atoms with van der Waals surface area (Å²) in [4.78, 5) is 12.6. The molecule has 0 saturated carbocycles. The van der Waals surface area contributed by atoms with Gasteiger partial charge in [-0.05, 0) is 18.2 Å². The third-order valence-corrected chi connectivity index (χ3v) is 2.32. The van der Waals surface area contributed by atoms with Gasteiger partial charge in [-0.25, -0.2) is 9.97 Å². The molecule has 4 nitrogen and oxygen atoms in total. The Balaban J connectivity index is 2.62. The summed E-state index contributed by atoms with van der Waals surface area (Å²) >= 11 is 0. The second-order valence-electron chi connectivity index (χ2n) is 3.38. The van der Waals surface area contributed by atoms with Gasteiger partial charge in [0.05, 0.1) is 5.69 Å². The van der Waals surface area contributed by atoms with E-state index >= 15 is 0 Å². The van der Waals surface area contributed by atoms with Crippen molar-refractivity contribution in [3.05, 3.63) is 48.9 Å². The first-order valence-corrected chi connectivity index (χ1v) is 5.09. The van der Waals surface area contributed by atoms with E-state index in [9.17, 15) is 0 Å². The zero-order chi connectivity index (χ0) is 12.3. The van der Waals surface area contributed by atoms with E-state index in [1.165, 1.54) is 0 Å². The Labute approximate surface area is 99.6 Å². The van der Waals surface area contributed by atoms with Crippen LogP contribution in [0.2, 0.25) is 0 Å². The largest absolute Gasteiger partial charge is 0.383 e. The fourth-order valence-electron chi connectivity index (χ4n) is 1.49. The second kappa shape index (κ2) is 4.57. The first-order valence-electron chi connectivity index (χ1n) is 5.09. The Kier molecular flexibility index (Phi) is 2.96. The third-order valence-electron chi connectivity index (χ3n) is 2.32. The topological polar surface area (TPSA) is 64.7 Å². The lowest BCUT2D eigenvalue weighted by atomic mass is 10.2. The zero-order valence-electron chi connectivity index (χ0n) is 9.30. The van der Waals surface area contributed by atoms with E-state index in [1.54, 1.807) is 24.5 Å². The van der Waals surface area contributed by atoms with Crippen molar-refractivity contribution < 1.29 is 0 Å². The molecule has 0 radical (unpaired) electrons. The van der Waals surface area contributed by atoms with Gasteiger partial charge in [-0.3, -0.25) is 4.98 Å². The molecule has 2 aromatic rings. The fraction of sp³-hybridized carbons (Fsp3) is 0. The van der Waals surface area contributed by atoms with E-state index in [0.29, 0.717) is 22.9 Å². The van der Waals surface area contributed by atoms with Gasteiger partial charge in [-0.2, -0.15) is 0 Å². The Bertz CT molecular complexity index is 561. The van der Waals surface area contributed by atoms with Crippen LogP contribution in [-0.2, 0) is 0 Å². The molecule has 4 heteroatoms. The number of anilines is 1. The summed E-state index contributed by atoms with van der Waals surface area (Å²) in [5.74, 6) is 0.930. The second-order valence-corrected chi connectivity index (χ2v) is 3.38. The first-order chi connectivity index (χ1) is 8.26. The van der Waals surface area contributed by atoms with Crippen LogP contribution in [0.3, 0.4) is 0 Å². The van der Waals surface area contributed by atoms with Gasteiger partial charge >= 0.3 is 0 Å². The number of rotatable bonds is 3. The standard InChI is InChI=1S/C13H12N4/c1-3-10-11(4-2)16-13(17-12(10)14)9-6-5-7-15-8-9/h3-8H,1-2H2,(H2,14,16,17). The molecule has 2 N–H and O–H groups in total. The highest BCUT2D eigenvalue weighted by Crippen LogP contribution is 2.21. The Morgan fingerprint density at radius 2 is 2.00 bits per heavy atom. The highest BCUT2D eigenvalue weighted by Gasteiger charge is 2.08. The maximum Gasteiger partial charge on any atom is 0.163 e. The average molecular weight is 224 g/mol. The number of hydrogen-bond acceptors (Lipinski definition) is 4. The predicted octanol–water partition coefficient (Wildman–Crippen LogP) is 2.41. The fourth-order valence-corrected chi connectivity index (χ4v) is 1.49. The van der Waals surface area contributed by atoms with Crippen LogP contribution < -0.4 is 5.73 Å². The number of nitrogen functional groups attached to an aromatic ring is 1. The summed E-state index contributed by atoms with van der Waals surface area (Å²) in [6.07, 6.45) is 6.64. The van der Waals surface area contributed by atoms with Gasteiger partial charge in [0, 0.05) is 23.5 Å². The summed E-state index contributed by atoms with van der Waals surface area (Å²) < 4.78 is 0. The van der Waals surface area contributed by atoms with Gasteiger partial charge in [0.15, 0.2) is 5.82 Å². The molecule has 0 fully saturated rings. The molecule has 0 spiro atoms. The van der Waals surface area contributed by atoms with Crippen molar-refractivity contribution in [3.63, 3.8) is 0 Å². The number of hydrogen-bond donors (Lipinski definition) is 1. The molecule has 0 bridgehead atoms. The van der Waals surface area contributed by atoms with Crippen LogP contribution >= 0.6 is 0 Å². The summed E-state index contributed by atoms with van der Waals surface area (Å²) in [7, 11) is 0. The number of pyridine rings is 1. The molecule has 0 unspecified atom stereocenters. The lowest BCUT2D eigenvalue weighted by Gasteiger charge is -2.07. The quantitative estimate of drug-likeness (QED) is 0.869. The molecule has 0 atom stereocenters. The van der Waals surface area contributed by atoms with Crippen LogP contribution in [0.15, 0.2) is 37.7 Å². The minimum absolute atomic E-state index is 0.392. The van der Waals surface area contributed by atoms with Gasteiger partial charge in [-0.1, -0.05) is 19.2 Å². The zero-order valence-corrected chi connectivity index (χ0v) is 9.30. The molecule has 0 saturated heterocycles. The molecule has 2 heterocycles. The van der Waals surface area contributed by atoms with Gasteiger partial charge in [0.1, 0.15) is 5.82 Å². The lowest BCUT2D eigenvalue weighted by Crippen LogP contribution is -2.02. The van der Waals surface area contributed by atoms with Gasteiger partial charge in [0.25, 0.3) is 0 Å². The molecule has 17 heavy (non-hydrogen) atoms. The summed E-state index contributed by atoms with van der Waals surface area (Å²) in [6, 6.07) is 3.70. The Morgan fingerprint density at radius 1 is 1.18 bits per heavy atom. The van der Waals surface area contributed by atoms with Crippen LogP contribution in [0.4, 0.5) is 5.82 Å². The maximum absolute atomic E-state index is 5.86. The van der Waals surface area contributed by atoms with Crippen LogP contribution in [0, 0.1) is 0 Å². The van der Waals surface area contributed by atoms with Crippen molar-refractivity contribution in [2.45, 2.75) is 0 Å². The van der Waals surface area contributed by atoms with Crippen molar-refractivity contribution >= 4 is 18.0 Å². The van der Waals surface area contributed by atoms with Crippen LogP contribution in [-0.4, -0.2) is 15.0 Å². The molecule has 2 aromatic heterocycles. The monoisotopic (exact) mass is 224 g/mol.